The van der Waals surface area contributed by atoms with Crippen molar-refractivity contribution < 1.29 is 23.9 Å². The molecule has 0 radical (unpaired) electrons. The SMILES string of the molecule is CCOC(=O)NC(=O)COC(=O)Cc1ccsc1. The molecule has 1 N–H and O–H groups in total. The summed E-state index contributed by atoms with van der Waals surface area (Å²) in [4.78, 5) is 33.3. The maximum Gasteiger partial charge on any atom is 0.413 e. The van der Waals surface area contributed by atoms with Crippen molar-refractivity contribution in [1.29, 1.82) is 0 Å². The minimum absolute atomic E-state index is 0.107. The van der Waals surface area contributed by atoms with Crippen molar-refractivity contribution >= 4 is 29.3 Å². The first-order valence-electron chi connectivity index (χ1n) is 5.25. The van der Waals surface area contributed by atoms with Gasteiger partial charge in [0.05, 0.1) is 13.0 Å². The average Bonchev–Trinajstić information content (AvgIpc) is 2.79. The van der Waals surface area contributed by atoms with Crippen LogP contribution in [0.4, 0.5) is 4.79 Å². The first-order valence-corrected chi connectivity index (χ1v) is 6.19. The number of imide groups is 1. The molecule has 0 saturated heterocycles. The average molecular weight is 271 g/mol. The summed E-state index contributed by atoms with van der Waals surface area (Å²) in [6, 6.07) is 1.80. The van der Waals surface area contributed by atoms with Crippen LogP contribution in [0, 0.1) is 0 Å². The van der Waals surface area contributed by atoms with Crippen molar-refractivity contribution in [3.05, 3.63) is 22.4 Å². The molecular weight excluding hydrogens is 258 g/mol. The Morgan fingerprint density at radius 2 is 2.11 bits per heavy atom. The summed E-state index contributed by atoms with van der Waals surface area (Å²) in [5, 5.41) is 5.58. The van der Waals surface area contributed by atoms with E-state index in [9.17, 15) is 14.4 Å². The van der Waals surface area contributed by atoms with Gasteiger partial charge in [-0.2, -0.15) is 11.3 Å². The van der Waals surface area contributed by atoms with Crippen LogP contribution in [0.2, 0.25) is 0 Å². The zero-order valence-electron chi connectivity index (χ0n) is 9.80. The summed E-state index contributed by atoms with van der Waals surface area (Å²) in [7, 11) is 0. The number of rotatable bonds is 5. The highest BCUT2D eigenvalue weighted by atomic mass is 32.1. The molecule has 6 nitrogen and oxygen atoms in total. The van der Waals surface area contributed by atoms with Gasteiger partial charge in [-0.3, -0.25) is 14.9 Å². The zero-order chi connectivity index (χ0) is 13.4. The first-order chi connectivity index (χ1) is 8.61. The van der Waals surface area contributed by atoms with E-state index in [0.717, 1.165) is 5.56 Å². The molecule has 0 fully saturated rings. The molecule has 1 heterocycles. The molecule has 7 heteroatoms. The number of alkyl carbamates (subject to hydrolysis) is 1. The number of thiophene rings is 1. The number of nitrogens with one attached hydrogen (secondary N) is 1. The van der Waals surface area contributed by atoms with Crippen LogP contribution in [0.25, 0.3) is 0 Å². The van der Waals surface area contributed by atoms with Crippen molar-refractivity contribution in [3.8, 4) is 0 Å². The molecule has 1 aromatic rings. The molecule has 98 valence electrons. The minimum Gasteiger partial charge on any atom is -0.455 e. The third-order valence-electron chi connectivity index (χ3n) is 1.81. The second-order valence-electron chi connectivity index (χ2n) is 3.24. The Morgan fingerprint density at radius 1 is 1.33 bits per heavy atom. The molecule has 0 atom stereocenters. The van der Waals surface area contributed by atoms with Crippen molar-refractivity contribution in [3.63, 3.8) is 0 Å². The lowest BCUT2D eigenvalue weighted by molar-refractivity contribution is -0.147. The number of hydrogen-bond acceptors (Lipinski definition) is 6. The summed E-state index contributed by atoms with van der Waals surface area (Å²) in [6.07, 6.45) is -0.743. The Bertz CT molecular complexity index is 415. The summed E-state index contributed by atoms with van der Waals surface area (Å²) in [5.74, 6) is -1.24. The monoisotopic (exact) mass is 271 g/mol. The molecule has 0 aliphatic heterocycles. The second-order valence-corrected chi connectivity index (χ2v) is 4.02. The number of esters is 1. The van der Waals surface area contributed by atoms with Crippen LogP contribution in [-0.4, -0.2) is 31.2 Å². The Morgan fingerprint density at radius 3 is 2.72 bits per heavy atom. The number of hydrogen-bond donors (Lipinski definition) is 1. The van der Waals surface area contributed by atoms with Crippen LogP contribution >= 0.6 is 11.3 Å². The van der Waals surface area contributed by atoms with Crippen LogP contribution in [0.15, 0.2) is 16.8 Å². The normalized spacial score (nSPS) is 9.61. The van der Waals surface area contributed by atoms with Gasteiger partial charge in [0, 0.05) is 0 Å². The molecule has 2 amide bonds. The van der Waals surface area contributed by atoms with E-state index in [4.69, 9.17) is 4.74 Å². The van der Waals surface area contributed by atoms with Gasteiger partial charge < -0.3 is 9.47 Å². The predicted molar refractivity (Wildman–Crippen MR) is 64.1 cm³/mol. The molecule has 18 heavy (non-hydrogen) atoms. The summed E-state index contributed by atoms with van der Waals surface area (Å²) >= 11 is 1.47. The molecular formula is C11H13NO5S. The third-order valence-corrected chi connectivity index (χ3v) is 2.54. The van der Waals surface area contributed by atoms with Gasteiger partial charge in [-0.05, 0) is 29.3 Å². The first kappa shape index (κ1) is 14.2. The quantitative estimate of drug-likeness (QED) is 0.811. The topological polar surface area (TPSA) is 81.7 Å². The van der Waals surface area contributed by atoms with Gasteiger partial charge in [0.15, 0.2) is 6.61 Å². The second kappa shape index (κ2) is 7.44. The Labute approximate surface area is 108 Å². The van der Waals surface area contributed by atoms with E-state index in [1.165, 1.54) is 11.3 Å². The summed E-state index contributed by atoms with van der Waals surface area (Å²) in [6.45, 7) is 1.28. The third kappa shape index (κ3) is 5.44. The highest BCUT2D eigenvalue weighted by molar-refractivity contribution is 7.07. The van der Waals surface area contributed by atoms with E-state index >= 15 is 0 Å². The van der Waals surface area contributed by atoms with E-state index in [2.05, 4.69) is 4.74 Å². The van der Waals surface area contributed by atoms with Crippen LogP contribution < -0.4 is 5.32 Å². The van der Waals surface area contributed by atoms with E-state index in [-0.39, 0.29) is 13.0 Å². The van der Waals surface area contributed by atoms with E-state index < -0.39 is 24.6 Å². The molecule has 0 aliphatic carbocycles. The number of ether oxygens (including phenoxy) is 2. The van der Waals surface area contributed by atoms with Crippen LogP contribution in [0.1, 0.15) is 12.5 Å². The molecule has 1 rings (SSSR count). The van der Waals surface area contributed by atoms with Crippen LogP contribution in [0.3, 0.4) is 0 Å². The molecule has 0 saturated carbocycles. The van der Waals surface area contributed by atoms with Crippen molar-refractivity contribution in [2.24, 2.45) is 0 Å². The van der Waals surface area contributed by atoms with Crippen molar-refractivity contribution in [2.45, 2.75) is 13.3 Å². The molecule has 0 unspecified atom stereocenters. The lowest BCUT2D eigenvalue weighted by atomic mass is 10.2. The minimum atomic E-state index is -0.851. The van der Waals surface area contributed by atoms with Gasteiger partial charge in [-0.25, -0.2) is 4.79 Å². The predicted octanol–water partition coefficient (Wildman–Crippen LogP) is 1.11. The van der Waals surface area contributed by atoms with Gasteiger partial charge >= 0.3 is 12.1 Å². The van der Waals surface area contributed by atoms with E-state index in [1.54, 1.807) is 13.0 Å². The fourth-order valence-corrected chi connectivity index (χ4v) is 1.74. The maximum atomic E-state index is 11.3. The van der Waals surface area contributed by atoms with Gasteiger partial charge in [-0.1, -0.05) is 0 Å². The number of amides is 2. The van der Waals surface area contributed by atoms with Crippen LogP contribution in [0.5, 0.6) is 0 Å². The van der Waals surface area contributed by atoms with Gasteiger partial charge in [0.25, 0.3) is 5.91 Å². The van der Waals surface area contributed by atoms with Gasteiger partial charge in [0.1, 0.15) is 0 Å². The van der Waals surface area contributed by atoms with Gasteiger partial charge in [0.2, 0.25) is 0 Å². The van der Waals surface area contributed by atoms with Gasteiger partial charge in [-0.15, -0.1) is 0 Å². The Hall–Kier alpha value is -1.89. The van der Waals surface area contributed by atoms with Crippen LogP contribution in [-0.2, 0) is 25.5 Å². The highest BCUT2D eigenvalue weighted by Crippen LogP contribution is 2.06. The Kier molecular flexibility index (Phi) is 5.86. The standard InChI is InChI=1S/C11H13NO5S/c1-2-16-11(15)12-9(13)6-17-10(14)5-8-3-4-18-7-8/h3-4,7H,2,5-6H2,1H3,(H,12,13,15). The Balaban J connectivity index is 2.21. The molecule has 0 aromatic carbocycles. The maximum absolute atomic E-state index is 11.3. The molecule has 1 aromatic heterocycles. The van der Waals surface area contributed by atoms with Crippen molar-refractivity contribution in [1.82, 2.24) is 5.32 Å². The fraction of sp³-hybridized carbons (Fsp3) is 0.364. The molecule has 0 spiro atoms. The molecule has 0 bridgehead atoms. The lowest BCUT2D eigenvalue weighted by Gasteiger charge is -2.05. The highest BCUT2D eigenvalue weighted by Gasteiger charge is 2.11. The fourth-order valence-electron chi connectivity index (χ4n) is 1.07. The summed E-state index contributed by atoms with van der Waals surface area (Å²) < 4.78 is 9.20. The number of carbonyl (C=O) groups is 3. The lowest BCUT2D eigenvalue weighted by Crippen LogP contribution is -2.34. The summed E-state index contributed by atoms with van der Waals surface area (Å²) in [5.41, 5.74) is 0.829. The molecule has 0 aliphatic rings. The van der Waals surface area contributed by atoms with E-state index in [1.807, 2.05) is 16.1 Å². The van der Waals surface area contributed by atoms with E-state index in [0.29, 0.717) is 0 Å². The number of carbonyl (C=O) groups excluding carboxylic acids is 3. The van der Waals surface area contributed by atoms with Crippen molar-refractivity contribution in [2.75, 3.05) is 13.2 Å². The smallest absolute Gasteiger partial charge is 0.413 e. The zero-order valence-corrected chi connectivity index (χ0v) is 10.6. The largest absolute Gasteiger partial charge is 0.455 e.